The van der Waals surface area contributed by atoms with Gasteiger partial charge in [-0.1, -0.05) is 54.6 Å². The molecule has 2 fully saturated rings. The number of rotatable bonds is 4. The van der Waals surface area contributed by atoms with Crippen LogP contribution in [0.15, 0.2) is 54.6 Å². The molecule has 2 saturated heterocycles. The van der Waals surface area contributed by atoms with E-state index < -0.39 is 11.6 Å². The smallest absolute Gasteiger partial charge is 0.345 e. The van der Waals surface area contributed by atoms with E-state index in [0.717, 1.165) is 18.4 Å². The number of piperidine rings is 1. The largest absolute Gasteiger partial charge is 0.479 e. The normalized spacial score (nSPS) is 27.8. The van der Waals surface area contributed by atoms with Crippen LogP contribution in [0.2, 0.25) is 0 Å². The van der Waals surface area contributed by atoms with Crippen molar-refractivity contribution < 1.29 is 15.0 Å². The van der Waals surface area contributed by atoms with E-state index in [9.17, 15) is 15.0 Å². The lowest BCUT2D eigenvalue weighted by molar-refractivity contribution is -0.155. The van der Waals surface area contributed by atoms with Crippen molar-refractivity contribution in [3.63, 3.8) is 0 Å². The average molecular weight is 351 g/mol. The van der Waals surface area contributed by atoms with Gasteiger partial charge in [-0.25, -0.2) is 4.79 Å². The van der Waals surface area contributed by atoms with Gasteiger partial charge in [0.2, 0.25) is 5.60 Å². The SMILES string of the molecule is CN1[C@H]2CC[C@H]1CC(c1cccc([C@](O)(C(=O)O)c3ccccc3)c1)C2. The molecule has 0 saturated carbocycles. The number of aliphatic carboxylic acids is 1. The lowest BCUT2D eigenvalue weighted by Crippen LogP contribution is -2.39. The van der Waals surface area contributed by atoms with Crippen molar-refractivity contribution >= 4 is 5.97 Å². The van der Waals surface area contributed by atoms with Crippen LogP contribution in [0.3, 0.4) is 0 Å². The molecular weight excluding hydrogens is 326 g/mol. The molecule has 4 heteroatoms. The molecule has 4 rings (SSSR count). The molecule has 0 radical (unpaired) electrons. The van der Waals surface area contributed by atoms with Gasteiger partial charge in [-0.05, 0) is 55.3 Å². The quantitative estimate of drug-likeness (QED) is 0.887. The zero-order chi connectivity index (χ0) is 18.3. The van der Waals surface area contributed by atoms with Crippen LogP contribution in [0.5, 0.6) is 0 Å². The molecule has 2 N–H and O–H groups in total. The number of fused-ring (bicyclic) bond motifs is 2. The molecule has 0 unspecified atom stereocenters. The minimum Gasteiger partial charge on any atom is -0.479 e. The second-order valence-corrected chi connectivity index (χ2v) is 7.73. The van der Waals surface area contributed by atoms with Crippen molar-refractivity contribution in [2.24, 2.45) is 0 Å². The molecule has 2 aliphatic heterocycles. The molecule has 2 heterocycles. The molecule has 4 nitrogen and oxygen atoms in total. The Bertz CT molecular complexity index is 792. The van der Waals surface area contributed by atoms with Crippen LogP contribution in [0.25, 0.3) is 0 Å². The Labute approximate surface area is 154 Å². The van der Waals surface area contributed by atoms with Gasteiger partial charge in [0.1, 0.15) is 0 Å². The molecule has 0 aromatic heterocycles. The summed E-state index contributed by atoms with van der Waals surface area (Å²) in [5, 5.41) is 20.9. The second kappa shape index (κ2) is 6.53. The molecule has 2 bridgehead atoms. The number of hydrogen-bond donors (Lipinski definition) is 2. The molecule has 2 aromatic rings. The summed E-state index contributed by atoms with van der Waals surface area (Å²) in [6.45, 7) is 0. The van der Waals surface area contributed by atoms with E-state index in [0.29, 0.717) is 29.1 Å². The monoisotopic (exact) mass is 351 g/mol. The fourth-order valence-corrected chi connectivity index (χ4v) is 4.79. The maximum absolute atomic E-state index is 12.0. The van der Waals surface area contributed by atoms with Crippen LogP contribution >= 0.6 is 0 Å². The van der Waals surface area contributed by atoms with Crippen LogP contribution < -0.4 is 0 Å². The van der Waals surface area contributed by atoms with Gasteiger partial charge in [0.05, 0.1) is 0 Å². The Hall–Kier alpha value is -2.17. The first-order valence-electron chi connectivity index (χ1n) is 9.34. The standard InChI is InChI=1S/C22H25NO3/c1-23-19-10-11-20(23)14-16(13-19)15-6-5-9-18(12-15)22(26,21(24)25)17-7-3-2-4-8-17/h2-9,12,16,19-20,26H,10-11,13-14H2,1H3,(H,24,25)/t19-,20-,22-/m0/s1. The third kappa shape index (κ3) is 2.74. The van der Waals surface area contributed by atoms with E-state index in [1.807, 2.05) is 18.2 Å². The summed E-state index contributed by atoms with van der Waals surface area (Å²) in [5.41, 5.74) is -0.0713. The van der Waals surface area contributed by atoms with Crippen molar-refractivity contribution in [2.75, 3.05) is 7.05 Å². The Kier molecular flexibility index (Phi) is 4.33. The van der Waals surface area contributed by atoms with Gasteiger partial charge >= 0.3 is 5.97 Å². The Morgan fingerprint density at radius 1 is 1.00 bits per heavy atom. The van der Waals surface area contributed by atoms with E-state index in [1.54, 1.807) is 30.3 Å². The summed E-state index contributed by atoms with van der Waals surface area (Å²) in [5.74, 6) is -0.818. The minimum atomic E-state index is -2.03. The molecule has 136 valence electrons. The number of carbonyl (C=O) groups is 1. The second-order valence-electron chi connectivity index (χ2n) is 7.73. The summed E-state index contributed by atoms with van der Waals surface area (Å²) in [6, 6.07) is 17.5. The number of nitrogens with zero attached hydrogens (tertiary/aromatic N) is 1. The van der Waals surface area contributed by atoms with E-state index in [2.05, 4.69) is 18.0 Å². The summed E-state index contributed by atoms with van der Waals surface area (Å²) < 4.78 is 0. The zero-order valence-electron chi connectivity index (χ0n) is 15.0. The van der Waals surface area contributed by atoms with Gasteiger partial charge < -0.3 is 15.1 Å². The van der Waals surface area contributed by atoms with Gasteiger partial charge in [-0.2, -0.15) is 0 Å². The molecule has 2 aliphatic rings. The maximum atomic E-state index is 12.0. The van der Waals surface area contributed by atoms with Gasteiger partial charge in [-0.3, -0.25) is 0 Å². The summed E-state index contributed by atoms with van der Waals surface area (Å²) in [4.78, 5) is 14.5. The van der Waals surface area contributed by atoms with Gasteiger partial charge in [0, 0.05) is 12.1 Å². The summed E-state index contributed by atoms with van der Waals surface area (Å²) >= 11 is 0. The topological polar surface area (TPSA) is 60.8 Å². The van der Waals surface area contributed by atoms with Gasteiger partial charge in [0.15, 0.2) is 0 Å². The van der Waals surface area contributed by atoms with E-state index in [4.69, 9.17) is 0 Å². The molecule has 0 aliphatic carbocycles. The maximum Gasteiger partial charge on any atom is 0.345 e. The van der Waals surface area contributed by atoms with Gasteiger partial charge in [-0.15, -0.1) is 0 Å². The summed E-state index contributed by atoms with van der Waals surface area (Å²) in [6.07, 6.45) is 4.71. The number of aliphatic hydroxyl groups is 1. The fourth-order valence-electron chi connectivity index (χ4n) is 4.79. The molecule has 0 amide bonds. The average Bonchev–Trinajstić information content (AvgIpc) is 2.87. The van der Waals surface area contributed by atoms with Crippen LogP contribution in [-0.2, 0) is 10.4 Å². The first kappa shape index (κ1) is 17.3. The lowest BCUT2D eigenvalue weighted by atomic mass is 9.81. The van der Waals surface area contributed by atoms with Crippen LogP contribution in [-0.4, -0.2) is 40.2 Å². The van der Waals surface area contributed by atoms with Crippen molar-refractivity contribution in [2.45, 2.75) is 49.3 Å². The minimum absolute atomic E-state index is 0.382. The fraction of sp³-hybridized carbons (Fsp3) is 0.409. The van der Waals surface area contributed by atoms with Crippen molar-refractivity contribution in [3.05, 3.63) is 71.3 Å². The predicted octanol–water partition coefficient (Wildman–Crippen LogP) is 3.35. The zero-order valence-corrected chi connectivity index (χ0v) is 15.0. The molecule has 2 aromatic carbocycles. The highest BCUT2D eigenvalue weighted by Crippen LogP contribution is 2.43. The first-order chi connectivity index (χ1) is 12.5. The Morgan fingerprint density at radius 2 is 1.62 bits per heavy atom. The number of hydrogen-bond acceptors (Lipinski definition) is 3. The highest BCUT2D eigenvalue weighted by Gasteiger charge is 2.42. The first-order valence-corrected chi connectivity index (χ1v) is 9.34. The summed E-state index contributed by atoms with van der Waals surface area (Å²) in [7, 11) is 2.22. The van der Waals surface area contributed by atoms with Crippen molar-refractivity contribution in [3.8, 4) is 0 Å². The third-order valence-corrected chi connectivity index (χ3v) is 6.38. The van der Waals surface area contributed by atoms with E-state index >= 15 is 0 Å². The highest BCUT2D eigenvalue weighted by atomic mass is 16.4. The predicted molar refractivity (Wildman–Crippen MR) is 100 cm³/mol. The molecular formula is C22H25NO3. The third-order valence-electron chi connectivity index (χ3n) is 6.38. The highest BCUT2D eigenvalue weighted by molar-refractivity contribution is 5.83. The van der Waals surface area contributed by atoms with Gasteiger partial charge in [0.25, 0.3) is 0 Å². The molecule has 3 atom stereocenters. The van der Waals surface area contributed by atoms with Crippen molar-refractivity contribution in [1.29, 1.82) is 0 Å². The van der Waals surface area contributed by atoms with Crippen LogP contribution in [0, 0.1) is 0 Å². The lowest BCUT2D eigenvalue weighted by Gasteiger charge is -2.37. The van der Waals surface area contributed by atoms with Crippen molar-refractivity contribution in [1.82, 2.24) is 4.90 Å². The van der Waals surface area contributed by atoms with Crippen LogP contribution in [0.4, 0.5) is 0 Å². The number of carboxylic acid groups (broad SMARTS) is 1. The van der Waals surface area contributed by atoms with E-state index in [-0.39, 0.29) is 0 Å². The molecule has 0 spiro atoms. The Balaban J connectivity index is 1.70. The number of benzene rings is 2. The van der Waals surface area contributed by atoms with Crippen LogP contribution in [0.1, 0.15) is 48.3 Å². The number of carboxylic acids is 1. The van der Waals surface area contributed by atoms with E-state index in [1.165, 1.54) is 12.8 Å². The molecule has 26 heavy (non-hydrogen) atoms. The Morgan fingerprint density at radius 3 is 2.23 bits per heavy atom.